The number of halogens is 5. The number of hydrogen-bond acceptors (Lipinski definition) is 0. The molecule has 264 valence electrons. The highest BCUT2D eigenvalue weighted by Crippen LogP contribution is 2.48. The first-order valence-corrected chi connectivity index (χ1v) is 17.3. The molecular formula is C45H34F5N3. The third-order valence-electron chi connectivity index (χ3n) is 10.3. The van der Waals surface area contributed by atoms with E-state index in [0.717, 1.165) is 43.7 Å². The summed E-state index contributed by atoms with van der Waals surface area (Å²) in [6.45, 7) is 21.2. The third kappa shape index (κ3) is 5.05. The lowest BCUT2D eigenvalue weighted by molar-refractivity contribution is 0.381. The van der Waals surface area contributed by atoms with Crippen molar-refractivity contribution in [3.8, 4) is 22.5 Å². The maximum absolute atomic E-state index is 15.9. The normalized spacial score (nSPS) is 12.4. The van der Waals surface area contributed by atoms with Crippen molar-refractivity contribution in [2.75, 3.05) is 0 Å². The predicted octanol–water partition coefficient (Wildman–Crippen LogP) is 13.4. The third-order valence-corrected chi connectivity index (χ3v) is 10.3. The Hall–Kier alpha value is -5.94. The molecule has 0 atom stereocenters. The molecule has 0 bridgehead atoms. The van der Waals surface area contributed by atoms with Crippen molar-refractivity contribution in [1.29, 1.82) is 0 Å². The molecule has 53 heavy (non-hydrogen) atoms. The molecular weight excluding hydrogens is 678 g/mol. The lowest BCUT2D eigenvalue weighted by atomic mass is 9.86. The molecule has 6 aromatic carbocycles. The Bertz CT molecular complexity index is 2850. The van der Waals surface area contributed by atoms with E-state index in [1.54, 1.807) is 4.57 Å². The van der Waals surface area contributed by atoms with Crippen molar-refractivity contribution < 1.29 is 22.0 Å². The van der Waals surface area contributed by atoms with E-state index in [1.807, 2.05) is 71.3 Å². The highest BCUT2D eigenvalue weighted by Gasteiger charge is 2.32. The van der Waals surface area contributed by atoms with Crippen molar-refractivity contribution in [3.05, 3.63) is 149 Å². The van der Waals surface area contributed by atoms with Gasteiger partial charge in [-0.15, -0.1) is 0 Å². The molecule has 0 N–H and O–H groups in total. The number of fused-ring (bicyclic) bond motifs is 6. The first-order chi connectivity index (χ1) is 25.1. The highest BCUT2D eigenvalue weighted by atomic mass is 19.2. The molecule has 0 aliphatic heterocycles. The topological polar surface area (TPSA) is 14.2 Å². The molecule has 2 heterocycles. The van der Waals surface area contributed by atoms with Gasteiger partial charge in [0, 0.05) is 27.1 Å². The second kappa shape index (κ2) is 11.8. The first kappa shape index (κ1) is 34.2. The first-order valence-electron chi connectivity index (χ1n) is 17.3. The van der Waals surface area contributed by atoms with Crippen molar-refractivity contribution >= 4 is 49.3 Å². The van der Waals surface area contributed by atoms with Gasteiger partial charge >= 0.3 is 0 Å². The van der Waals surface area contributed by atoms with E-state index in [-0.39, 0.29) is 27.8 Å². The molecule has 0 fully saturated rings. The van der Waals surface area contributed by atoms with E-state index >= 15 is 17.6 Å². The Kier molecular flexibility index (Phi) is 7.60. The van der Waals surface area contributed by atoms with Gasteiger partial charge in [0.25, 0.3) is 0 Å². The molecule has 0 spiro atoms. The quantitative estimate of drug-likeness (QED) is 0.0750. The number of hydrogen-bond donors (Lipinski definition) is 0. The summed E-state index contributed by atoms with van der Waals surface area (Å²) >= 11 is 0. The zero-order chi connectivity index (χ0) is 37.7. The van der Waals surface area contributed by atoms with Crippen LogP contribution in [0.1, 0.15) is 52.7 Å². The average molecular weight is 712 g/mol. The van der Waals surface area contributed by atoms with Crippen LogP contribution < -0.4 is 0 Å². The van der Waals surface area contributed by atoms with Gasteiger partial charge < -0.3 is 9.13 Å². The minimum Gasteiger partial charge on any atom is -0.319 e. The Morgan fingerprint density at radius 2 is 0.925 bits per heavy atom. The Morgan fingerprint density at radius 1 is 0.491 bits per heavy atom. The second-order valence-corrected chi connectivity index (χ2v) is 15.6. The molecule has 0 aliphatic carbocycles. The monoisotopic (exact) mass is 711 g/mol. The molecule has 0 unspecified atom stereocenters. The number of para-hydroxylation sites is 2. The van der Waals surface area contributed by atoms with E-state index in [9.17, 15) is 4.39 Å². The fourth-order valence-corrected chi connectivity index (χ4v) is 7.50. The SMILES string of the molecule is [C-]#[N+]c1c(-n2c3ccccc3c3ccc(C(C)(C)C)cc32)ccc(-c2c(F)c(F)c(F)c(F)c2F)c1-n1c2ccccc2c2ccc(C(C)(C)C)cc21. The van der Waals surface area contributed by atoms with Crippen LogP contribution in [-0.2, 0) is 10.8 Å². The summed E-state index contributed by atoms with van der Waals surface area (Å²) in [6.07, 6.45) is 0. The van der Waals surface area contributed by atoms with Crippen LogP contribution in [0.25, 0.3) is 71.0 Å². The fraction of sp³-hybridized carbons (Fsp3) is 0.178. The van der Waals surface area contributed by atoms with E-state index in [4.69, 9.17) is 6.57 Å². The van der Waals surface area contributed by atoms with E-state index in [0.29, 0.717) is 16.7 Å². The number of nitrogens with zero attached hydrogens (tertiary/aromatic N) is 3. The Morgan fingerprint density at radius 3 is 1.42 bits per heavy atom. The minimum absolute atomic E-state index is 0.00382. The van der Waals surface area contributed by atoms with E-state index in [2.05, 4.69) is 64.6 Å². The van der Waals surface area contributed by atoms with Crippen LogP contribution in [0.5, 0.6) is 0 Å². The van der Waals surface area contributed by atoms with E-state index in [1.165, 1.54) is 12.1 Å². The summed E-state index contributed by atoms with van der Waals surface area (Å²) in [5.41, 5.74) is 3.20. The summed E-state index contributed by atoms with van der Waals surface area (Å²) in [7, 11) is 0. The predicted molar refractivity (Wildman–Crippen MR) is 204 cm³/mol. The van der Waals surface area contributed by atoms with Gasteiger partial charge in [0.05, 0.1) is 45.6 Å². The molecule has 8 rings (SSSR count). The molecule has 0 radical (unpaired) electrons. The summed E-state index contributed by atoms with van der Waals surface area (Å²) in [4.78, 5) is 4.06. The van der Waals surface area contributed by atoms with Crippen molar-refractivity contribution in [2.45, 2.75) is 52.4 Å². The minimum atomic E-state index is -2.25. The van der Waals surface area contributed by atoms with Crippen LogP contribution in [0.3, 0.4) is 0 Å². The van der Waals surface area contributed by atoms with Gasteiger partial charge in [-0.3, -0.25) is 0 Å². The summed E-state index contributed by atoms with van der Waals surface area (Å²) in [6, 6.07) is 30.2. The van der Waals surface area contributed by atoms with Crippen LogP contribution in [-0.4, -0.2) is 9.13 Å². The van der Waals surface area contributed by atoms with Crippen molar-refractivity contribution in [2.24, 2.45) is 0 Å². The smallest absolute Gasteiger partial charge is 0.234 e. The zero-order valence-electron chi connectivity index (χ0n) is 30.0. The second-order valence-electron chi connectivity index (χ2n) is 15.6. The van der Waals surface area contributed by atoms with E-state index < -0.39 is 34.6 Å². The van der Waals surface area contributed by atoms with Gasteiger partial charge in [0.1, 0.15) is 0 Å². The molecule has 0 saturated carbocycles. The van der Waals surface area contributed by atoms with Gasteiger partial charge in [-0.05, 0) is 52.3 Å². The molecule has 8 heteroatoms. The largest absolute Gasteiger partial charge is 0.319 e. The van der Waals surface area contributed by atoms with Gasteiger partial charge in [-0.1, -0.05) is 108 Å². The molecule has 0 aliphatic rings. The molecule has 0 saturated heterocycles. The lowest BCUT2D eigenvalue weighted by Gasteiger charge is -2.23. The van der Waals surface area contributed by atoms with Gasteiger partial charge in [0.15, 0.2) is 23.3 Å². The van der Waals surface area contributed by atoms with Gasteiger partial charge in [-0.25, -0.2) is 26.8 Å². The maximum Gasteiger partial charge on any atom is 0.234 e. The number of benzene rings is 6. The number of rotatable bonds is 3. The average Bonchev–Trinajstić information content (AvgIpc) is 3.64. The van der Waals surface area contributed by atoms with Gasteiger partial charge in [0.2, 0.25) is 11.5 Å². The zero-order valence-corrected chi connectivity index (χ0v) is 30.0. The van der Waals surface area contributed by atoms with Crippen LogP contribution in [0.2, 0.25) is 0 Å². The fourth-order valence-electron chi connectivity index (χ4n) is 7.50. The standard InChI is InChI=1S/C45H34F5N3/c1-44(2,3)24-16-18-28-26-12-8-10-14-31(26)52(34(28)22-24)33-21-20-30(36-37(46)39(48)41(50)40(49)38(36)47)43(42(33)51-7)53-32-15-11-9-13-27(32)29-19-17-25(23-35(29)53)45(4,5)6/h8-23H,1-6H3. The van der Waals surface area contributed by atoms with Crippen LogP contribution in [0.15, 0.2) is 97.1 Å². The van der Waals surface area contributed by atoms with Crippen molar-refractivity contribution in [1.82, 2.24) is 9.13 Å². The van der Waals surface area contributed by atoms with Gasteiger partial charge in [-0.2, -0.15) is 0 Å². The van der Waals surface area contributed by atoms with Crippen LogP contribution in [0.4, 0.5) is 27.6 Å². The van der Waals surface area contributed by atoms with Crippen molar-refractivity contribution in [3.63, 3.8) is 0 Å². The molecule has 3 nitrogen and oxygen atoms in total. The maximum atomic E-state index is 15.9. The molecule has 0 amide bonds. The Balaban J connectivity index is 1.61. The van der Waals surface area contributed by atoms with Crippen LogP contribution in [0, 0.1) is 35.7 Å². The molecule has 8 aromatic rings. The summed E-state index contributed by atoms with van der Waals surface area (Å²) in [5, 5.41) is 3.45. The number of aromatic nitrogens is 2. The lowest BCUT2D eigenvalue weighted by Crippen LogP contribution is -2.11. The summed E-state index contributed by atoms with van der Waals surface area (Å²) < 4.78 is 80.0. The Labute approximate surface area is 303 Å². The summed E-state index contributed by atoms with van der Waals surface area (Å²) in [5.74, 6) is -10.3. The molecule has 2 aromatic heterocycles. The van der Waals surface area contributed by atoms with Crippen LogP contribution >= 0.6 is 0 Å². The highest BCUT2D eigenvalue weighted by molar-refractivity contribution is 6.13.